The Kier molecular flexibility index (Phi) is 4.70. The largest absolute Gasteiger partial charge is 0.481 e. The fourth-order valence-electron chi connectivity index (χ4n) is 1.60. The maximum absolute atomic E-state index is 5.66. The van der Waals surface area contributed by atoms with Crippen LogP contribution in [-0.2, 0) is 6.54 Å². The first-order valence-corrected chi connectivity index (χ1v) is 6.40. The van der Waals surface area contributed by atoms with Gasteiger partial charge in [-0.1, -0.05) is 6.07 Å². The van der Waals surface area contributed by atoms with Gasteiger partial charge in [-0.15, -0.1) is 0 Å². The molecule has 0 fully saturated rings. The molecule has 0 amide bonds. The maximum atomic E-state index is 5.66. The fourth-order valence-corrected chi connectivity index (χ4v) is 1.60. The highest BCUT2D eigenvalue weighted by Gasteiger charge is 2.07. The van der Waals surface area contributed by atoms with Gasteiger partial charge in [-0.2, -0.15) is 4.98 Å². The molecule has 0 aliphatic carbocycles. The van der Waals surface area contributed by atoms with Crippen molar-refractivity contribution in [2.45, 2.75) is 26.5 Å². The first-order chi connectivity index (χ1) is 9.69. The van der Waals surface area contributed by atoms with Gasteiger partial charge >= 0.3 is 0 Å². The molecule has 0 aromatic carbocycles. The molecule has 0 spiro atoms. The number of methoxy groups -OCH3 is 1. The fraction of sp³-hybridized carbons (Fsp3) is 0.357. The average Bonchev–Trinajstić information content (AvgIpc) is 2.46. The van der Waals surface area contributed by atoms with Crippen LogP contribution in [0.5, 0.6) is 11.8 Å². The van der Waals surface area contributed by atoms with E-state index in [-0.39, 0.29) is 6.10 Å². The van der Waals surface area contributed by atoms with Crippen molar-refractivity contribution in [3.8, 4) is 11.8 Å². The Morgan fingerprint density at radius 1 is 1.20 bits per heavy atom. The van der Waals surface area contributed by atoms with Gasteiger partial charge in [-0.25, -0.2) is 9.97 Å². The molecule has 0 radical (unpaired) electrons. The van der Waals surface area contributed by atoms with Crippen molar-refractivity contribution < 1.29 is 9.47 Å². The lowest BCUT2D eigenvalue weighted by Gasteiger charge is -2.13. The van der Waals surface area contributed by atoms with Crippen molar-refractivity contribution >= 4 is 5.95 Å². The van der Waals surface area contributed by atoms with Crippen LogP contribution in [0.1, 0.15) is 19.4 Å². The third-order valence-corrected chi connectivity index (χ3v) is 2.47. The number of anilines is 1. The second-order valence-electron chi connectivity index (χ2n) is 4.41. The van der Waals surface area contributed by atoms with E-state index in [0.29, 0.717) is 24.3 Å². The van der Waals surface area contributed by atoms with E-state index in [1.165, 1.54) is 0 Å². The maximum Gasteiger partial charge on any atom is 0.226 e. The summed E-state index contributed by atoms with van der Waals surface area (Å²) in [6.45, 7) is 4.47. The molecule has 0 aliphatic rings. The molecule has 20 heavy (non-hydrogen) atoms. The number of hydrogen-bond donors (Lipinski definition) is 1. The van der Waals surface area contributed by atoms with Crippen LogP contribution in [0.3, 0.4) is 0 Å². The molecule has 1 N–H and O–H groups in total. The third kappa shape index (κ3) is 3.81. The summed E-state index contributed by atoms with van der Waals surface area (Å²) in [4.78, 5) is 12.6. The molecule has 0 saturated heterocycles. The van der Waals surface area contributed by atoms with Crippen LogP contribution in [0.2, 0.25) is 0 Å². The number of hydrogen-bond acceptors (Lipinski definition) is 6. The van der Waals surface area contributed by atoms with Gasteiger partial charge in [0.2, 0.25) is 17.7 Å². The van der Waals surface area contributed by atoms with E-state index in [1.54, 1.807) is 25.6 Å². The monoisotopic (exact) mass is 274 g/mol. The molecule has 0 unspecified atom stereocenters. The minimum absolute atomic E-state index is 0.0803. The molecule has 0 bridgehead atoms. The molecule has 6 heteroatoms. The highest BCUT2D eigenvalue weighted by Crippen LogP contribution is 2.17. The van der Waals surface area contributed by atoms with Gasteiger partial charge in [0.15, 0.2) is 0 Å². The Bertz CT molecular complexity index is 560. The Balaban J connectivity index is 2.06. The minimum atomic E-state index is 0.0803. The van der Waals surface area contributed by atoms with Crippen LogP contribution in [0, 0.1) is 0 Å². The van der Waals surface area contributed by atoms with E-state index in [2.05, 4.69) is 20.3 Å². The minimum Gasteiger partial charge on any atom is -0.481 e. The Labute approximate surface area is 118 Å². The summed E-state index contributed by atoms with van der Waals surface area (Å²) in [5.74, 6) is 1.65. The SMILES string of the molecule is COc1ccnc(NCc2cccnc2OC(C)C)n1. The zero-order chi connectivity index (χ0) is 14.4. The molecule has 0 atom stereocenters. The van der Waals surface area contributed by atoms with Crippen LogP contribution in [0.4, 0.5) is 5.95 Å². The van der Waals surface area contributed by atoms with Gasteiger partial charge < -0.3 is 14.8 Å². The molecule has 2 aromatic heterocycles. The Hall–Kier alpha value is -2.37. The number of nitrogens with one attached hydrogen (secondary N) is 1. The molecule has 0 aliphatic heterocycles. The highest BCUT2D eigenvalue weighted by atomic mass is 16.5. The van der Waals surface area contributed by atoms with E-state index in [0.717, 1.165) is 5.56 Å². The molecular weight excluding hydrogens is 256 g/mol. The summed E-state index contributed by atoms with van der Waals surface area (Å²) < 4.78 is 10.7. The average molecular weight is 274 g/mol. The van der Waals surface area contributed by atoms with Crippen LogP contribution in [0.25, 0.3) is 0 Å². The first kappa shape index (κ1) is 14.0. The zero-order valence-corrected chi connectivity index (χ0v) is 11.8. The van der Waals surface area contributed by atoms with Gasteiger partial charge in [0, 0.05) is 30.6 Å². The smallest absolute Gasteiger partial charge is 0.226 e. The van der Waals surface area contributed by atoms with Gasteiger partial charge in [0.05, 0.1) is 13.2 Å². The summed E-state index contributed by atoms with van der Waals surface area (Å²) >= 11 is 0. The second-order valence-corrected chi connectivity index (χ2v) is 4.41. The molecular formula is C14H18N4O2. The van der Waals surface area contributed by atoms with E-state index < -0.39 is 0 Å². The van der Waals surface area contributed by atoms with Crippen molar-refractivity contribution in [3.05, 3.63) is 36.2 Å². The lowest BCUT2D eigenvalue weighted by Crippen LogP contribution is -2.11. The van der Waals surface area contributed by atoms with Crippen molar-refractivity contribution in [2.24, 2.45) is 0 Å². The number of pyridine rings is 1. The lowest BCUT2D eigenvalue weighted by molar-refractivity contribution is 0.230. The Morgan fingerprint density at radius 3 is 2.80 bits per heavy atom. The van der Waals surface area contributed by atoms with Gasteiger partial charge in [0.25, 0.3) is 0 Å². The molecule has 6 nitrogen and oxygen atoms in total. The zero-order valence-electron chi connectivity index (χ0n) is 11.8. The van der Waals surface area contributed by atoms with Crippen LogP contribution < -0.4 is 14.8 Å². The summed E-state index contributed by atoms with van der Waals surface area (Å²) in [5, 5.41) is 3.13. The summed E-state index contributed by atoms with van der Waals surface area (Å²) in [6, 6.07) is 5.52. The first-order valence-electron chi connectivity index (χ1n) is 6.40. The molecule has 0 saturated carbocycles. The standard InChI is InChI=1S/C14H18N4O2/c1-10(2)20-13-11(5-4-7-15-13)9-17-14-16-8-6-12(18-14)19-3/h4-8,10H,9H2,1-3H3,(H,16,17,18). The lowest BCUT2D eigenvalue weighted by atomic mass is 10.2. The quantitative estimate of drug-likeness (QED) is 0.871. The van der Waals surface area contributed by atoms with Crippen LogP contribution in [0.15, 0.2) is 30.6 Å². The van der Waals surface area contributed by atoms with Gasteiger partial charge in [0.1, 0.15) is 0 Å². The van der Waals surface area contributed by atoms with E-state index in [9.17, 15) is 0 Å². The third-order valence-electron chi connectivity index (χ3n) is 2.47. The number of ether oxygens (including phenoxy) is 2. The van der Waals surface area contributed by atoms with Gasteiger partial charge in [-0.3, -0.25) is 0 Å². The van der Waals surface area contributed by atoms with Crippen molar-refractivity contribution in [1.29, 1.82) is 0 Å². The predicted octanol–water partition coefficient (Wildman–Crippen LogP) is 2.28. The molecule has 2 rings (SSSR count). The highest BCUT2D eigenvalue weighted by molar-refractivity contribution is 5.33. The number of nitrogens with zero attached hydrogens (tertiary/aromatic N) is 3. The van der Waals surface area contributed by atoms with Crippen LogP contribution in [-0.4, -0.2) is 28.2 Å². The van der Waals surface area contributed by atoms with Crippen molar-refractivity contribution in [2.75, 3.05) is 12.4 Å². The van der Waals surface area contributed by atoms with E-state index >= 15 is 0 Å². The molecule has 106 valence electrons. The van der Waals surface area contributed by atoms with Crippen LogP contribution >= 0.6 is 0 Å². The number of aromatic nitrogens is 3. The normalized spacial score (nSPS) is 10.4. The summed E-state index contributed by atoms with van der Waals surface area (Å²) in [7, 11) is 1.57. The summed E-state index contributed by atoms with van der Waals surface area (Å²) in [5.41, 5.74) is 0.951. The number of rotatable bonds is 6. The topological polar surface area (TPSA) is 69.2 Å². The van der Waals surface area contributed by atoms with Crippen molar-refractivity contribution in [1.82, 2.24) is 15.0 Å². The Morgan fingerprint density at radius 2 is 2.05 bits per heavy atom. The molecule has 2 heterocycles. The molecule has 2 aromatic rings. The summed E-state index contributed by atoms with van der Waals surface area (Å²) in [6.07, 6.45) is 3.43. The van der Waals surface area contributed by atoms with Gasteiger partial charge in [-0.05, 0) is 19.9 Å². The van der Waals surface area contributed by atoms with E-state index in [4.69, 9.17) is 9.47 Å². The predicted molar refractivity (Wildman–Crippen MR) is 75.9 cm³/mol. The van der Waals surface area contributed by atoms with E-state index in [1.807, 2.05) is 26.0 Å². The van der Waals surface area contributed by atoms with Crippen molar-refractivity contribution in [3.63, 3.8) is 0 Å². The second kappa shape index (κ2) is 6.70.